The van der Waals surface area contributed by atoms with Gasteiger partial charge in [-0.2, -0.15) is 5.10 Å². The fourth-order valence-corrected chi connectivity index (χ4v) is 5.00. The second-order valence-electron chi connectivity index (χ2n) is 8.58. The van der Waals surface area contributed by atoms with Crippen molar-refractivity contribution in [2.75, 3.05) is 39.9 Å². The average molecular weight is 383 g/mol. The molecule has 0 saturated carbocycles. The predicted molar refractivity (Wildman–Crippen MR) is 112 cm³/mol. The number of likely N-dealkylation sites (tertiary alicyclic amines) is 1. The zero-order valence-corrected chi connectivity index (χ0v) is 17.4. The van der Waals surface area contributed by atoms with Crippen molar-refractivity contribution in [3.05, 3.63) is 53.3 Å². The molecule has 1 saturated heterocycles. The van der Waals surface area contributed by atoms with E-state index in [9.17, 15) is 0 Å². The molecule has 1 aliphatic carbocycles. The Balaban J connectivity index is 1.34. The van der Waals surface area contributed by atoms with Gasteiger partial charge in [-0.05, 0) is 49.3 Å². The van der Waals surface area contributed by atoms with Gasteiger partial charge < -0.3 is 4.74 Å². The van der Waals surface area contributed by atoms with Crippen LogP contribution in [0.15, 0.2) is 36.7 Å². The Hall–Kier alpha value is -1.69. The van der Waals surface area contributed by atoms with Gasteiger partial charge in [-0.15, -0.1) is 0 Å². The van der Waals surface area contributed by atoms with Crippen molar-refractivity contribution in [1.82, 2.24) is 19.6 Å². The van der Waals surface area contributed by atoms with Crippen LogP contribution in [0.5, 0.6) is 0 Å². The van der Waals surface area contributed by atoms with E-state index in [0.717, 1.165) is 32.2 Å². The molecule has 1 aromatic heterocycles. The van der Waals surface area contributed by atoms with E-state index in [4.69, 9.17) is 4.74 Å². The lowest BCUT2D eigenvalue weighted by atomic mass is 9.95. The molecule has 1 aromatic carbocycles. The number of aryl methyl sites for hydroxylation is 1. The van der Waals surface area contributed by atoms with Crippen LogP contribution in [0, 0.1) is 5.92 Å². The molecule has 28 heavy (non-hydrogen) atoms. The van der Waals surface area contributed by atoms with E-state index in [1.807, 2.05) is 17.9 Å². The van der Waals surface area contributed by atoms with Crippen molar-refractivity contribution in [2.24, 2.45) is 13.0 Å². The second-order valence-corrected chi connectivity index (χ2v) is 8.58. The number of rotatable bonds is 8. The third kappa shape index (κ3) is 4.83. The first kappa shape index (κ1) is 19.6. The molecule has 0 amide bonds. The zero-order chi connectivity index (χ0) is 19.3. The molecule has 2 aromatic rings. The van der Waals surface area contributed by atoms with Gasteiger partial charge in [-0.1, -0.05) is 24.3 Å². The number of piperidine rings is 1. The maximum Gasteiger partial charge on any atom is 0.0589 e. The van der Waals surface area contributed by atoms with E-state index in [1.54, 1.807) is 18.2 Å². The van der Waals surface area contributed by atoms with Gasteiger partial charge in [0.25, 0.3) is 0 Å². The second kappa shape index (κ2) is 9.21. The van der Waals surface area contributed by atoms with Crippen LogP contribution < -0.4 is 0 Å². The van der Waals surface area contributed by atoms with Crippen molar-refractivity contribution in [3.63, 3.8) is 0 Å². The normalized spacial score (nSPS) is 20.8. The first-order chi connectivity index (χ1) is 13.7. The zero-order valence-electron chi connectivity index (χ0n) is 17.4. The van der Waals surface area contributed by atoms with Gasteiger partial charge in [-0.25, -0.2) is 0 Å². The highest BCUT2D eigenvalue weighted by Gasteiger charge is 2.31. The molecule has 1 atom stereocenters. The molecule has 1 fully saturated rings. The molecule has 0 N–H and O–H groups in total. The number of hydrogen-bond acceptors (Lipinski definition) is 4. The summed E-state index contributed by atoms with van der Waals surface area (Å²) in [6, 6.07) is 9.71. The number of hydrogen-bond donors (Lipinski definition) is 0. The molecule has 1 aliphatic heterocycles. The van der Waals surface area contributed by atoms with Crippen LogP contribution in [0.2, 0.25) is 0 Å². The van der Waals surface area contributed by atoms with Crippen LogP contribution >= 0.6 is 0 Å². The van der Waals surface area contributed by atoms with Crippen LogP contribution in [0.3, 0.4) is 0 Å². The predicted octanol–water partition coefficient (Wildman–Crippen LogP) is 2.75. The quantitative estimate of drug-likeness (QED) is 0.703. The first-order valence-corrected chi connectivity index (χ1v) is 10.7. The fraction of sp³-hybridized carbons (Fsp3) is 0.609. The summed E-state index contributed by atoms with van der Waals surface area (Å²) >= 11 is 0. The van der Waals surface area contributed by atoms with Gasteiger partial charge in [-0.3, -0.25) is 14.5 Å². The first-order valence-electron chi connectivity index (χ1n) is 10.7. The van der Waals surface area contributed by atoms with Crippen molar-refractivity contribution in [1.29, 1.82) is 0 Å². The number of nitrogens with zero attached hydrogens (tertiary/aromatic N) is 4. The molecule has 0 radical (unpaired) electrons. The third-order valence-corrected chi connectivity index (χ3v) is 6.39. The summed E-state index contributed by atoms with van der Waals surface area (Å²) < 4.78 is 7.26. The molecular weight excluding hydrogens is 348 g/mol. The van der Waals surface area contributed by atoms with Gasteiger partial charge in [0.1, 0.15) is 0 Å². The lowest BCUT2D eigenvalue weighted by Crippen LogP contribution is -2.46. The summed E-state index contributed by atoms with van der Waals surface area (Å²) in [5, 5.41) is 4.33. The highest BCUT2D eigenvalue weighted by atomic mass is 16.5. The van der Waals surface area contributed by atoms with Crippen molar-refractivity contribution in [2.45, 2.75) is 38.3 Å². The highest BCUT2D eigenvalue weighted by molar-refractivity contribution is 5.33. The lowest BCUT2D eigenvalue weighted by molar-refractivity contribution is 0.0843. The maximum absolute atomic E-state index is 5.37. The summed E-state index contributed by atoms with van der Waals surface area (Å²) in [6.07, 6.45) is 9.23. The van der Waals surface area contributed by atoms with Gasteiger partial charge in [0, 0.05) is 58.1 Å². The Morgan fingerprint density at radius 2 is 2.00 bits per heavy atom. The van der Waals surface area contributed by atoms with Crippen LogP contribution in [-0.2, 0) is 31.2 Å². The third-order valence-electron chi connectivity index (χ3n) is 6.39. The van der Waals surface area contributed by atoms with E-state index >= 15 is 0 Å². The molecule has 2 aliphatic rings. The van der Waals surface area contributed by atoms with E-state index in [0.29, 0.717) is 6.04 Å². The standard InChI is InChI=1S/C23H34N4O/c1-25-15-20(14-24-25)17-26(10-11-28-2)16-19-6-5-9-27(18-19)23-12-21-7-3-4-8-22(21)13-23/h3-4,7-8,14-15,19,23H,5-6,9-13,16-18H2,1-2H3/t19-/m1/s1. The monoisotopic (exact) mass is 382 g/mol. The molecule has 5 nitrogen and oxygen atoms in total. The topological polar surface area (TPSA) is 33.5 Å². The SMILES string of the molecule is COCCN(Cc1cnn(C)c1)C[C@H]1CCCN(C2Cc3ccccc3C2)C1. The molecule has 0 bridgehead atoms. The van der Waals surface area contributed by atoms with Gasteiger partial charge in [0.15, 0.2) is 0 Å². The molecule has 0 spiro atoms. The van der Waals surface area contributed by atoms with Crippen LogP contribution in [-0.4, -0.2) is 65.5 Å². The van der Waals surface area contributed by atoms with Crippen molar-refractivity contribution < 1.29 is 4.74 Å². The van der Waals surface area contributed by atoms with E-state index in [2.05, 4.69) is 45.4 Å². The fourth-order valence-electron chi connectivity index (χ4n) is 5.00. The van der Waals surface area contributed by atoms with Crippen LogP contribution in [0.1, 0.15) is 29.5 Å². The summed E-state index contributed by atoms with van der Waals surface area (Å²) in [4.78, 5) is 5.32. The van der Waals surface area contributed by atoms with Crippen molar-refractivity contribution >= 4 is 0 Å². The molecule has 0 unspecified atom stereocenters. The molecule has 2 heterocycles. The largest absolute Gasteiger partial charge is 0.383 e. The number of fused-ring (bicyclic) bond motifs is 1. The molecule has 5 heteroatoms. The Morgan fingerprint density at radius 1 is 1.21 bits per heavy atom. The molecule has 4 rings (SSSR count). The number of methoxy groups -OCH3 is 1. The smallest absolute Gasteiger partial charge is 0.0589 e. The number of aromatic nitrogens is 2. The minimum absolute atomic E-state index is 0.700. The maximum atomic E-state index is 5.37. The Labute approximate surface area is 169 Å². The van der Waals surface area contributed by atoms with Crippen molar-refractivity contribution in [3.8, 4) is 0 Å². The van der Waals surface area contributed by atoms with E-state index in [-0.39, 0.29) is 0 Å². The highest BCUT2D eigenvalue weighted by Crippen LogP contribution is 2.29. The van der Waals surface area contributed by atoms with Gasteiger partial charge >= 0.3 is 0 Å². The Bertz CT molecular complexity index is 734. The minimum atomic E-state index is 0.700. The molecule has 152 valence electrons. The molecular formula is C23H34N4O. The number of benzene rings is 1. The van der Waals surface area contributed by atoms with Crippen LogP contribution in [0.25, 0.3) is 0 Å². The van der Waals surface area contributed by atoms with E-state index < -0.39 is 0 Å². The average Bonchev–Trinajstić information content (AvgIpc) is 3.32. The van der Waals surface area contributed by atoms with Gasteiger partial charge in [0.2, 0.25) is 0 Å². The Morgan fingerprint density at radius 3 is 2.68 bits per heavy atom. The number of ether oxygens (including phenoxy) is 1. The lowest BCUT2D eigenvalue weighted by Gasteiger charge is -2.38. The van der Waals surface area contributed by atoms with Gasteiger partial charge in [0.05, 0.1) is 12.8 Å². The van der Waals surface area contributed by atoms with E-state index in [1.165, 1.54) is 44.3 Å². The Kier molecular flexibility index (Phi) is 6.45. The van der Waals surface area contributed by atoms with Crippen LogP contribution in [0.4, 0.5) is 0 Å². The summed E-state index contributed by atoms with van der Waals surface area (Å²) in [5.41, 5.74) is 4.42. The summed E-state index contributed by atoms with van der Waals surface area (Å²) in [7, 11) is 3.78. The summed E-state index contributed by atoms with van der Waals surface area (Å²) in [6.45, 7) is 6.37. The minimum Gasteiger partial charge on any atom is -0.383 e. The summed E-state index contributed by atoms with van der Waals surface area (Å²) in [5.74, 6) is 0.742.